The molecule has 2 heterocycles. The van der Waals surface area contributed by atoms with Crippen LogP contribution in [0.3, 0.4) is 0 Å². The summed E-state index contributed by atoms with van der Waals surface area (Å²) in [4.78, 5) is 5.56. The van der Waals surface area contributed by atoms with E-state index in [-0.39, 0.29) is 0 Å². The Balaban J connectivity index is 1.43. The van der Waals surface area contributed by atoms with Gasteiger partial charge in [0.1, 0.15) is 0 Å². The summed E-state index contributed by atoms with van der Waals surface area (Å²) in [6.07, 6.45) is 11.3. The zero-order chi connectivity index (χ0) is 14.5. The van der Waals surface area contributed by atoms with Gasteiger partial charge in [0.2, 0.25) is 0 Å². The molecule has 1 saturated carbocycles. The van der Waals surface area contributed by atoms with E-state index < -0.39 is 0 Å². The topological polar surface area (TPSA) is 18.5 Å². The Morgan fingerprint density at radius 2 is 1.81 bits per heavy atom. The molecule has 1 aliphatic carbocycles. The first-order valence-electron chi connectivity index (χ1n) is 9.56. The Kier molecular flexibility index (Phi) is 5.96. The van der Waals surface area contributed by atoms with E-state index in [1.165, 1.54) is 90.6 Å². The summed E-state index contributed by atoms with van der Waals surface area (Å²) >= 11 is 0. The van der Waals surface area contributed by atoms with Crippen molar-refractivity contribution >= 4 is 0 Å². The van der Waals surface area contributed by atoms with Crippen LogP contribution in [0, 0.1) is 5.92 Å². The Labute approximate surface area is 131 Å². The summed E-state index contributed by atoms with van der Waals surface area (Å²) in [6.45, 7) is 10.3. The van der Waals surface area contributed by atoms with Crippen LogP contribution in [0.4, 0.5) is 0 Å². The van der Waals surface area contributed by atoms with Crippen LogP contribution in [0.5, 0.6) is 0 Å². The van der Waals surface area contributed by atoms with Gasteiger partial charge in [0.15, 0.2) is 0 Å². The molecule has 0 amide bonds. The fraction of sp³-hybridized carbons (Fsp3) is 1.00. The maximum absolute atomic E-state index is 3.79. The quantitative estimate of drug-likeness (QED) is 0.812. The molecule has 0 radical (unpaired) electrons. The zero-order valence-corrected chi connectivity index (χ0v) is 14.0. The van der Waals surface area contributed by atoms with E-state index in [0.717, 1.165) is 18.0 Å². The lowest BCUT2D eigenvalue weighted by atomic mass is 10.0. The number of rotatable bonds is 6. The summed E-state index contributed by atoms with van der Waals surface area (Å²) in [5.41, 5.74) is 0. The van der Waals surface area contributed by atoms with Crippen LogP contribution in [-0.4, -0.2) is 61.2 Å². The molecule has 0 spiro atoms. The van der Waals surface area contributed by atoms with E-state index in [0.29, 0.717) is 0 Å². The van der Waals surface area contributed by atoms with E-state index in [1.807, 2.05) is 0 Å². The van der Waals surface area contributed by atoms with Crippen molar-refractivity contribution in [2.45, 2.75) is 70.4 Å². The zero-order valence-electron chi connectivity index (χ0n) is 14.0. The first-order chi connectivity index (χ1) is 10.4. The largest absolute Gasteiger partial charge is 0.314 e. The molecule has 21 heavy (non-hydrogen) atoms. The van der Waals surface area contributed by atoms with Crippen LogP contribution in [0.15, 0.2) is 0 Å². The summed E-state index contributed by atoms with van der Waals surface area (Å²) in [5.74, 6) is 0.914. The van der Waals surface area contributed by atoms with Crippen LogP contribution in [-0.2, 0) is 0 Å². The third kappa shape index (κ3) is 4.20. The Bertz CT molecular complexity index is 301. The smallest absolute Gasteiger partial charge is 0.0235 e. The van der Waals surface area contributed by atoms with Gasteiger partial charge in [-0.1, -0.05) is 19.8 Å². The number of nitrogens with one attached hydrogen (secondary N) is 1. The van der Waals surface area contributed by atoms with E-state index in [1.54, 1.807) is 0 Å². The molecule has 3 nitrogen and oxygen atoms in total. The molecule has 1 N–H and O–H groups in total. The van der Waals surface area contributed by atoms with Gasteiger partial charge in [-0.15, -0.1) is 0 Å². The maximum Gasteiger partial charge on any atom is 0.0235 e. The lowest BCUT2D eigenvalue weighted by Gasteiger charge is -2.32. The van der Waals surface area contributed by atoms with Crippen LogP contribution in [0.2, 0.25) is 0 Å². The number of likely N-dealkylation sites (tertiary alicyclic amines) is 2. The van der Waals surface area contributed by atoms with Crippen molar-refractivity contribution < 1.29 is 0 Å². The average molecular weight is 293 g/mol. The molecule has 3 aliphatic rings. The monoisotopic (exact) mass is 293 g/mol. The van der Waals surface area contributed by atoms with E-state index >= 15 is 0 Å². The highest BCUT2D eigenvalue weighted by atomic mass is 15.3. The second-order valence-electron chi connectivity index (χ2n) is 7.55. The Morgan fingerprint density at radius 3 is 2.62 bits per heavy atom. The second-order valence-corrected chi connectivity index (χ2v) is 7.55. The van der Waals surface area contributed by atoms with Gasteiger partial charge in [-0.2, -0.15) is 0 Å². The molecule has 122 valence electrons. The third-order valence-electron chi connectivity index (χ3n) is 5.96. The molecule has 0 bridgehead atoms. The van der Waals surface area contributed by atoms with Gasteiger partial charge in [-0.05, 0) is 70.6 Å². The van der Waals surface area contributed by atoms with E-state index in [9.17, 15) is 0 Å². The van der Waals surface area contributed by atoms with Crippen molar-refractivity contribution in [3.8, 4) is 0 Å². The van der Waals surface area contributed by atoms with Crippen molar-refractivity contribution in [2.24, 2.45) is 5.92 Å². The molecule has 0 aromatic heterocycles. The molecule has 3 fully saturated rings. The lowest BCUT2D eigenvalue weighted by molar-refractivity contribution is 0.157. The fourth-order valence-electron chi connectivity index (χ4n) is 4.75. The molecule has 3 rings (SSSR count). The minimum Gasteiger partial charge on any atom is -0.314 e. The summed E-state index contributed by atoms with van der Waals surface area (Å²) < 4.78 is 0. The van der Waals surface area contributed by atoms with E-state index in [4.69, 9.17) is 0 Å². The summed E-state index contributed by atoms with van der Waals surface area (Å²) in [6, 6.07) is 1.67. The van der Waals surface area contributed by atoms with Gasteiger partial charge in [-0.25, -0.2) is 0 Å². The predicted octanol–water partition coefficient (Wildman–Crippen LogP) is 2.71. The summed E-state index contributed by atoms with van der Waals surface area (Å²) in [7, 11) is 0. The molecule has 2 saturated heterocycles. The highest BCUT2D eigenvalue weighted by molar-refractivity contribution is 4.90. The average Bonchev–Trinajstić information content (AvgIpc) is 3.16. The molecule has 2 aliphatic heterocycles. The van der Waals surface area contributed by atoms with Gasteiger partial charge in [0.25, 0.3) is 0 Å². The van der Waals surface area contributed by atoms with Crippen molar-refractivity contribution in [2.75, 3.05) is 39.3 Å². The molecular formula is C18H35N3. The lowest BCUT2D eigenvalue weighted by Crippen LogP contribution is -2.42. The molecule has 3 unspecified atom stereocenters. The predicted molar refractivity (Wildman–Crippen MR) is 89.7 cm³/mol. The van der Waals surface area contributed by atoms with Crippen LogP contribution in [0.1, 0.15) is 58.3 Å². The highest BCUT2D eigenvalue weighted by Crippen LogP contribution is 2.28. The second kappa shape index (κ2) is 7.94. The van der Waals surface area contributed by atoms with Gasteiger partial charge in [-0.3, -0.25) is 4.90 Å². The normalized spacial score (nSPS) is 35.6. The third-order valence-corrected chi connectivity index (χ3v) is 5.96. The standard InChI is InChI=1S/C18H35N3/c1-2-10-19-18-8-6-7-16(18)14-20-13-9-17(15-20)21-11-4-3-5-12-21/h16-19H,2-15H2,1H3. The SMILES string of the molecule is CCCNC1CCCC1CN1CCC(N2CCCCC2)C1. The van der Waals surface area contributed by atoms with Crippen molar-refractivity contribution in [1.82, 2.24) is 15.1 Å². The van der Waals surface area contributed by atoms with Crippen molar-refractivity contribution in [1.29, 1.82) is 0 Å². The highest BCUT2D eigenvalue weighted by Gasteiger charge is 2.33. The van der Waals surface area contributed by atoms with Crippen LogP contribution in [0.25, 0.3) is 0 Å². The van der Waals surface area contributed by atoms with Gasteiger partial charge >= 0.3 is 0 Å². The summed E-state index contributed by atoms with van der Waals surface area (Å²) in [5, 5.41) is 3.79. The minimum atomic E-state index is 0.805. The number of hydrogen-bond acceptors (Lipinski definition) is 3. The van der Waals surface area contributed by atoms with Gasteiger partial charge < -0.3 is 10.2 Å². The Morgan fingerprint density at radius 1 is 0.952 bits per heavy atom. The number of hydrogen-bond donors (Lipinski definition) is 1. The number of piperidine rings is 1. The minimum absolute atomic E-state index is 0.805. The molecule has 0 aromatic carbocycles. The molecule has 3 heteroatoms. The molecule has 0 aromatic rings. The first kappa shape index (κ1) is 15.8. The Hall–Kier alpha value is -0.120. The first-order valence-corrected chi connectivity index (χ1v) is 9.56. The van der Waals surface area contributed by atoms with Gasteiger partial charge in [0, 0.05) is 25.2 Å². The van der Waals surface area contributed by atoms with E-state index in [2.05, 4.69) is 22.0 Å². The van der Waals surface area contributed by atoms with Crippen LogP contribution >= 0.6 is 0 Å². The van der Waals surface area contributed by atoms with Crippen molar-refractivity contribution in [3.63, 3.8) is 0 Å². The fourth-order valence-corrected chi connectivity index (χ4v) is 4.75. The molecule has 3 atom stereocenters. The van der Waals surface area contributed by atoms with Crippen molar-refractivity contribution in [3.05, 3.63) is 0 Å². The van der Waals surface area contributed by atoms with Gasteiger partial charge in [0.05, 0.1) is 0 Å². The number of nitrogens with zero attached hydrogens (tertiary/aromatic N) is 2. The van der Waals surface area contributed by atoms with Crippen LogP contribution < -0.4 is 5.32 Å². The molecular weight excluding hydrogens is 258 g/mol. The maximum atomic E-state index is 3.79.